The molecule has 0 spiro atoms. The van der Waals surface area contributed by atoms with Crippen molar-refractivity contribution >= 4 is 21.6 Å². The van der Waals surface area contributed by atoms with Crippen LogP contribution in [0.4, 0.5) is 0 Å². The molecule has 0 saturated heterocycles. The van der Waals surface area contributed by atoms with Crippen molar-refractivity contribution in [3.05, 3.63) is 22.5 Å². The van der Waals surface area contributed by atoms with E-state index in [0.29, 0.717) is 0 Å². The summed E-state index contributed by atoms with van der Waals surface area (Å²) < 4.78 is 1.22. The minimum absolute atomic E-state index is 0.859. The summed E-state index contributed by atoms with van der Waals surface area (Å²) in [6, 6.07) is 2.11. The molecule has 2 heterocycles. The zero-order valence-corrected chi connectivity index (χ0v) is 8.20. The quantitative estimate of drug-likeness (QED) is 0.619. The van der Waals surface area contributed by atoms with Crippen LogP contribution < -0.4 is 0 Å². The van der Waals surface area contributed by atoms with Gasteiger partial charge in [-0.1, -0.05) is 0 Å². The lowest BCUT2D eigenvalue weighted by Gasteiger charge is -1.95. The molecule has 0 aromatic carbocycles. The fraction of sp³-hybridized carbons (Fsp3) is 0.333. The van der Waals surface area contributed by atoms with Crippen LogP contribution in [0, 0.1) is 20.8 Å². The molecule has 0 radical (unpaired) electrons. The molecule has 0 aliphatic carbocycles. The van der Waals surface area contributed by atoms with Gasteiger partial charge in [0.25, 0.3) is 0 Å². The van der Waals surface area contributed by atoms with E-state index in [1.165, 1.54) is 9.58 Å². The van der Waals surface area contributed by atoms with Crippen LogP contribution >= 0.6 is 11.3 Å². The highest BCUT2D eigenvalue weighted by atomic mass is 32.1. The van der Waals surface area contributed by atoms with E-state index in [1.807, 2.05) is 13.8 Å². The molecule has 3 heteroatoms. The minimum Gasteiger partial charge on any atom is -0.237 e. The number of thiophene rings is 1. The number of nitrogens with zero attached hydrogens (tertiary/aromatic N) is 2. The Hall–Kier alpha value is -0.960. The highest BCUT2D eigenvalue weighted by Crippen LogP contribution is 2.25. The van der Waals surface area contributed by atoms with E-state index in [4.69, 9.17) is 0 Å². The number of aryl methyl sites for hydroxylation is 3. The Morgan fingerprint density at radius 3 is 2.67 bits per heavy atom. The average Bonchev–Trinajstić information content (AvgIpc) is 2.29. The molecular weight excluding hydrogens is 168 g/mol. The van der Waals surface area contributed by atoms with Crippen molar-refractivity contribution in [3.63, 3.8) is 0 Å². The predicted octanol–water partition coefficient (Wildman–Crippen LogP) is 2.62. The normalized spacial score (nSPS) is 10.9. The van der Waals surface area contributed by atoms with Gasteiger partial charge in [0.05, 0.1) is 15.9 Å². The number of rotatable bonds is 0. The second-order valence-corrected chi connectivity index (χ2v) is 4.18. The molecule has 0 aliphatic heterocycles. The van der Waals surface area contributed by atoms with E-state index < -0.39 is 0 Å². The Morgan fingerprint density at radius 2 is 1.92 bits per heavy atom. The molecular formula is C9H10N2S. The molecule has 0 atom stereocenters. The van der Waals surface area contributed by atoms with Crippen molar-refractivity contribution in [1.29, 1.82) is 0 Å². The molecule has 12 heavy (non-hydrogen) atoms. The summed E-state index contributed by atoms with van der Waals surface area (Å²) in [4.78, 5) is 9.97. The third-order valence-corrected chi connectivity index (χ3v) is 2.92. The summed E-state index contributed by atoms with van der Waals surface area (Å²) in [5, 5.41) is 0. The maximum atomic E-state index is 4.36. The van der Waals surface area contributed by atoms with Crippen LogP contribution in [0.3, 0.4) is 0 Å². The van der Waals surface area contributed by atoms with Gasteiger partial charge in [0.2, 0.25) is 0 Å². The summed E-state index contributed by atoms with van der Waals surface area (Å²) in [7, 11) is 0. The van der Waals surface area contributed by atoms with E-state index in [1.54, 1.807) is 11.3 Å². The maximum Gasteiger partial charge on any atom is 0.126 e. The summed E-state index contributed by atoms with van der Waals surface area (Å²) in [5.41, 5.74) is 2.18. The van der Waals surface area contributed by atoms with Crippen LogP contribution in [0.1, 0.15) is 16.4 Å². The Morgan fingerprint density at radius 1 is 1.17 bits per heavy atom. The summed E-state index contributed by atoms with van der Waals surface area (Å²) in [5.74, 6) is 0.859. The molecule has 62 valence electrons. The van der Waals surface area contributed by atoms with E-state index in [0.717, 1.165) is 17.0 Å². The first kappa shape index (κ1) is 7.68. The van der Waals surface area contributed by atoms with Gasteiger partial charge in [-0.05, 0) is 26.8 Å². The van der Waals surface area contributed by atoms with Gasteiger partial charge in [-0.25, -0.2) is 9.97 Å². The van der Waals surface area contributed by atoms with Gasteiger partial charge in [0.1, 0.15) is 5.82 Å². The van der Waals surface area contributed by atoms with Crippen molar-refractivity contribution in [2.45, 2.75) is 20.8 Å². The first-order chi connectivity index (χ1) is 5.66. The fourth-order valence-corrected chi connectivity index (χ4v) is 2.23. The van der Waals surface area contributed by atoms with Crippen LogP contribution in [0.2, 0.25) is 0 Å². The van der Waals surface area contributed by atoms with Gasteiger partial charge < -0.3 is 0 Å². The molecule has 2 aromatic heterocycles. The molecule has 0 N–H and O–H groups in total. The van der Waals surface area contributed by atoms with E-state index in [9.17, 15) is 0 Å². The zero-order chi connectivity index (χ0) is 8.72. The molecule has 2 rings (SSSR count). The summed E-state index contributed by atoms with van der Waals surface area (Å²) in [6.45, 7) is 6.06. The van der Waals surface area contributed by atoms with Gasteiger partial charge in [-0.15, -0.1) is 11.3 Å². The van der Waals surface area contributed by atoms with Crippen LogP contribution in [0.25, 0.3) is 10.2 Å². The highest BCUT2D eigenvalue weighted by molar-refractivity contribution is 7.19. The monoisotopic (exact) mass is 178 g/mol. The second-order valence-electron chi connectivity index (χ2n) is 2.93. The lowest BCUT2D eigenvalue weighted by atomic mass is 10.3. The van der Waals surface area contributed by atoms with Crippen LogP contribution in [0.15, 0.2) is 6.07 Å². The van der Waals surface area contributed by atoms with E-state index >= 15 is 0 Å². The largest absolute Gasteiger partial charge is 0.237 e. The van der Waals surface area contributed by atoms with Crippen molar-refractivity contribution in [1.82, 2.24) is 9.97 Å². The molecule has 2 nitrogen and oxygen atoms in total. The molecule has 0 fully saturated rings. The van der Waals surface area contributed by atoms with Gasteiger partial charge in [0, 0.05) is 4.88 Å². The van der Waals surface area contributed by atoms with Gasteiger partial charge in [0.15, 0.2) is 0 Å². The van der Waals surface area contributed by atoms with Crippen molar-refractivity contribution in [2.75, 3.05) is 0 Å². The highest BCUT2D eigenvalue weighted by Gasteiger charge is 2.04. The van der Waals surface area contributed by atoms with E-state index in [-0.39, 0.29) is 0 Å². The lowest BCUT2D eigenvalue weighted by molar-refractivity contribution is 1.05. The Balaban J connectivity index is 2.88. The summed E-state index contributed by atoms with van der Waals surface area (Å²) >= 11 is 1.76. The van der Waals surface area contributed by atoms with Gasteiger partial charge >= 0.3 is 0 Å². The molecule has 2 aromatic rings. The van der Waals surface area contributed by atoms with E-state index in [2.05, 4.69) is 23.0 Å². The number of hydrogen-bond donors (Lipinski definition) is 0. The topological polar surface area (TPSA) is 25.8 Å². The molecule has 0 bridgehead atoms. The Labute approximate surface area is 75.3 Å². The van der Waals surface area contributed by atoms with Crippen molar-refractivity contribution in [3.8, 4) is 0 Å². The smallest absolute Gasteiger partial charge is 0.126 e. The minimum atomic E-state index is 0.859. The van der Waals surface area contributed by atoms with Crippen LogP contribution in [-0.4, -0.2) is 9.97 Å². The third-order valence-electron chi connectivity index (χ3n) is 1.78. The zero-order valence-electron chi connectivity index (χ0n) is 7.38. The third kappa shape index (κ3) is 1.10. The van der Waals surface area contributed by atoms with Gasteiger partial charge in [-0.3, -0.25) is 0 Å². The summed E-state index contributed by atoms with van der Waals surface area (Å²) in [6.07, 6.45) is 0. The Kier molecular flexibility index (Phi) is 1.61. The molecule has 0 saturated carbocycles. The fourth-order valence-electron chi connectivity index (χ4n) is 1.34. The lowest BCUT2D eigenvalue weighted by Crippen LogP contribution is -1.89. The van der Waals surface area contributed by atoms with Crippen molar-refractivity contribution < 1.29 is 0 Å². The molecule has 0 unspecified atom stereocenters. The number of hydrogen-bond acceptors (Lipinski definition) is 3. The van der Waals surface area contributed by atoms with Crippen LogP contribution in [0.5, 0.6) is 0 Å². The molecule has 0 aliphatic rings. The first-order valence-electron chi connectivity index (χ1n) is 3.88. The standard InChI is InChI=1S/C9H10N2S/c1-5-4-8-9(12-5)6(2)10-7(3)11-8/h4H,1-3H3. The van der Waals surface area contributed by atoms with Crippen molar-refractivity contribution in [2.24, 2.45) is 0 Å². The number of fused-ring (bicyclic) bond motifs is 1. The SMILES string of the molecule is Cc1nc(C)c2sc(C)cc2n1. The Bertz CT molecular complexity index is 431. The first-order valence-corrected chi connectivity index (χ1v) is 4.70. The maximum absolute atomic E-state index is 4.36. The van der Waals surface area contributed by atoms with Crippen LogP contribution in [-0.2, 0) is 0 Å². The number of aromatic nitrogens is 2. The predicted molar refractivity (Wildman–Crippen MR) is 51.6 cm³/mol. The molecule has 0 amide bonds. The average molecular weight is 178 g/mol. The second kappa shape index (κ2) is 2.52. The van der Waals surface area contributed by atoms with Gasteiger partial charge in [-0.2, -0.15) is 0 Å².